The minimum Gasteiger partial charge on any atom is -0.496 e. The maximum Gasteiger partial charge on any atom is 0.122 e. The topological polar surface area (TPSA) is 42.2 Å². The number of benzene rings is 1. The Morgan fingerprint density at radius 3 is 2.82 bits per heavy atom. The van der Waals surface area contributed by atoms with Crippen LogP contribution in [0.1, 0.15) is 17.5 Å². The summed E-state index contributed by atoms with van der Waals surface area (Å²) in [7, 11) is 3.37. The Morgan fingerprint density at radius 1 is 1.35 bits per heavy atom. The number of methoxy groups -OCH3 is 2. The second kappa shape index (κ2) is 7.99. The number of hydrogen-bond acceptors (Lipinski definition) is 4. The van der Waals surface area contributed by atoms with Crippen molar-refractivity contribution in [2.24, 2.45) is 0 Å². The van der Waals surface area contributed by atoms with Gasteiger partial charge in [-0.3, -0.25) is 0 Å². The van der Waals surface area contributed by atoms with E-state index < -0.39 is 0 Å². The summed E-state index contributed by atoms with van der Waals surface area (Å²) in [5.41, 5.74) is 1.76. The highest BCUT2D eigenvalue weighted by molar-refractivity contribution is 7.98. The van der Waals surface area contributed by atoms with Crippen molar-refractivity contribution in [3.8, 4) is 11.8 Å². The van der Waals surface area contributed by atoms with Gasteiger partial charge in [-0.1, -0.05) is 0 Å². The fourth-order valence-corrected chi connectivity index (χ4v) is 2.36. The van der Waals surface area contributed by atoms with Crippen LogP contribution in [0, 0.1) is 11.3 Å². The summed E-state index contributed by atoms with van der Waals surface area (Å²) in [5.74, 6) is 2.76. The maximum absolute atomic E-state index is 8.85. The Bertz CT molecular complexity index is 387. The monoisotopic (exact) mass is 251 g/mol. The molecular weight excluding hydrogens is 234 g/mol. The van der Waals surface area contributed by atoms with Gasteiger partial charge < -0.3 is 9.47 Å². The maximum atomic E-state index is 8.85. The van der Waals surface area contributed by atoms with Crippen LogP contribution in [-0.2, 0) is 10.5 Å². The van der Waals surface area contributed by atoms with Gasteiger partial charge in [-0.15, -0.1) is 0 Å². The molecule has 0 aliphatic heterocycles. The fourth-order valence-electron chi connectivity index (χ4n) is 1.45. The minimum absolute atomic E-state index is 0.679. The zero-order chi connectivity index (χ0) is 12.5. The summed E-state index contributed by atoms with van der Waals surface area (Å²) in [6, 6.07) is 7.66. The van der Waals surface area contributed by atoms with Gasteiger partial charge in [0.25, 0.3) is 0 Å². The molecule has 0 saturated carbocycles. The van der Waals surface area contributed by atoms with E-state index in [2.05, 4.69) is 6.07 Å². The molecule has 17 heavy (non-hydrogen) atoms. The van der Waals surface area contributed by atoms with Gasteiger partial charge in [-0.05, 0) is 30.4 Å². The summed E-state index contributed by atoms with van der Waals surface area (Å²) in [5, 5.41) is 8.85. The zero-order valence-electron chi connectivity index (χ0n) is 10.2. The minimum atomic E-state index is 0.679. The van der Waals surface area contributed by atoms with Crippen molar-refractivity contribution in [1.82, 2.24) is 0 Å². The molecule has 1 aromatic rings. The van der Waals surface area contributed by atoms with Crippen molar-refractivity contribution in [2.75, 3.05) is 26.6 Å². The van der Waals surface area contributed by atoms with E-state index in [0.717, 1.165) is 35.8 Å². The van der Waals surface area contributed by atoms with Crippen LogP contribution in [0.25, 0.3) is 0 Å². The van der Waals surface area contributed by atoms with Crippen LogP contribution in [-0.4, -0.2) is 26.6 Å². The quantitative estimate of drug-likeness (QED) is 0.699. The second-order valence-electron chi connectivity index (χ2n) is 3.54. The highest BCUT2D eigenvalue weighted by Crippen LogP contribution is 2.24. The highest BCUT2D eigenvalue weighted by atomic mass is 32.2. The van der Waals surface area contributed by atoms with Crippen LogP contribution in [0.4, 0.5) is 0 Å². The lowest BCUT2D eigenvalue weighted by molar-refractivity contribution is 0.200. The van der Waals surface area contributed by atoms with Crippen molar-refractivity contribution in [3.63, 3.8) is 0 Å². The number of nitriles is 1. The first-order valence-corrected chi connectivity index (χ1v) is 6.61. The van der Waals surface area contributed by atoms with Crippen molar-refractivity contribution in [1.29, 1.82) is 5.26 Å². The van der Waals surface area contributed by atoms with Gasteiger partial charge in [-0.25, -0.2) is 0 Å². The van der Waals surface area contributed by atoms with E-state index in [-0.39, 0.29) is 0 Å². The largest absolute Gasteiger partial charge is 0.496 e. The van der Waals surface area contributed by atoms with Crippen LogP contribution in [0.15, 0.2) is 18.2 Å². The standard InChI is InChI=1S/C13H17NO2S/c1-15-6-3-7-17-10-12-8-11(9-14)4-5-13(12)16-2/h4-5,8H,3,6-7,10H2,1-2H3. The van der Waals surface area contributed by atoms with E-state index in [1.165, 1.54) is 0 Å². The Kier molecular flexibility index (Phi) is 6.53. The van der Waals surface area contributed by atoms with Crippen LogP contribution in [0.3, 0.4) is 0 Å². The Hall–Kier alpha value is -1.18. The first-order chi connectivity index (χ1) is 8.31. The lowest BCUT2D eigenvalue weighted by atomic mass is 10.1. The molecule has 0 N–H and O–H groups in total. The van der Waals surface area contributed by atoms with E-state index in [4.69, 9.17) is 14.7 Å². The van der Waals surface area contributed by atoms with Crippen molar-refractivity contribution < 1.29 is 9.47 Å². The smallest absolute Gasteiger partial charge is 0.122 e. The highest BCUT2D eigenvalue weighted by Gasteiger charge is 2.04. The van der Waals surface area contributed by atoms with Crippen molar-refractivity contribution in [2.45, 2.75) is 12.2 Å². The average molecular weight is 251 g/mol. The SMILES string of the molecule is COCCCSCc1cc(C#N)ccc1OC. The van der Waals surface area contributed by atoms with Gasteiger partial charge in [0.15, 0.2) is 0 Å². The molecule has 0 heterocycles. The number of rotatable bonds is 7. The molecule has 1 aromatic carbocycles. The lowest BCUT2D eigenvalue weighted by Crippen LogP contribution is -1.94. The molecule has 1 rings (SSSR count). The third-order valence-corrected chi connectivity index (χ3v) is 3.40. The molecule has 92 valence electrons. The van der Waals surface area contributed by atoms with Crippen LogP contribution in [0.5, 0.6) is 5.75 Å². The molecule has 0 aliphatic carbocycles. The van der Waals surface area contributed by atoms with E-state index >= 15 is 0 Å². The summed E-state index contributed by atoms with van der Waals surface area (Å²) in [6.45, 7) is 0.794. The number of hydrogen-bond donors (Lipinski definition) is 0. The molecular formula is C13H17NO2S. The molecule has 0 saturated heterocycles. The molecule has 0 aliphatic rings. The molecule has 0 atom stereocenters. The first-order valence-electron chi connectivity index (χ1n) is 5.45. The van der Waals surface area contributed by atoms with Gasteiger partial charge in [-0.2, -0.15) is 17.0 Å². The molecule has 0 amide bonds. The Labute approximate surface area is 107 Å². The number of thioether (sulfide) groups is 1. The number of ether oxygens (including phenoxy) is 2. The van der Waals surface area contributed by atoms with E-state index in [1.54, 1.807) is 20.3 Å². The molecule has 0 unspecified atom stereocenters. The molecule has 0 spiro atoms. The zero-order valence-corrected chi connectivity index (χ0v) is 11.0. The van der Waals surface area contributed by atoms with E-state index in [1.807, 2.05) is 23.9 Å². The predicted molar refractivity (Wildman–Crippen MR) is 70.4 cm³/mol. The predicted octanol–water partition coefficient (Wildman–Crippen LogP) is 2.84. The summed E-state index contributed by atoms with van der Waals surface area (Å²) >= 11 is 1.83. The third kappa shape index (κ3) is 4.68. The third-order valence-electron chi connectivity index (χ3n) is 2.30. The molecule has 0 aromatic heterocycles. The summed E-state index contributed by atoms with van der Waals surface area (Å²) < 4.78 is 10.3. The van der Waals surface area contributed by atoms with Crippen LogP contribution < -0.4 is 4.74 Å². The fraction of sp³-hybridized carbons (Fsp3) is 0.462. The van der Waals surface area contributed by atoms with Gasteiger partial charge in [0, 0.05) is 25.0 Å². The molecule has 3 nitrogen and oxygen atoms in total. The molecule has 0 radical (unpaired) electrons. The van der Waals surface area contributed by atoms with Gasteiger partial charge in [0.05, 0.1) is 18.7 Å². The Balaban J connectivity index is 2.53. The van der Waals surface area contributed by atoms with Gasteiger partial charge >= 0.3 is 0 Å². The summed E-state index contributed by atoms with van der Waals surface area (Å²) in [6.07, 6.45) is 1.04. The van der Waals surface area contributed by atoms with Crippen molar-refractivity contribution in [3.05, 3.63) is 29.3 Å². The van der Waals surface area contributed by atoms with Crippen LogP contribution >= 0.6 is 11.8 Å². The molecule has 4 heteroatoms. The Morgan fingerprint density at radius 2 is 2.18 bits per heavy atom. The van der Waals surface area contributed by atoms with Crippen LogP contribution in [0.2, 0.25) is 0 Å². The normalized spacial score (nSPS) is 9.94. The second-order valence-corrected chi connectivity index (χ2v) is 4.64. The first kappa shape index (κ1) is 13.9. The van der Waals surface area contributed by atoms with E-state index in [9.17, 15) is 0 Å². The van der Waals surface area contributed by atoms with E-state index in [0.29, 0.717) is 5.56 Å². The van der Waals surface area contributed by atoms with Gasteiger partial charge in [0.2, 0.25) is 0 Å². The summed E-state index contributed by atoms with van der Waals surface area (Å²) in [4.78, 5) is 0. The lowest BCUT2D eigenvalue weighted by Gasteiger charge is -2.08. The average Bonchev–Trinajstić information content (AvgIpc) is 2.38. The molecule has 0 fully saturated rings. The van der Waals surface area contributed by atoms with Crippen molar-refractivity contribution >= 4 is 11.8 Å². The molecule has 0 bridgehead atoms. The van der Waals surface area contributed by atoms with Gasteiger partial charge in [0.1, 0.15) is 5.75 Å². The number of nitrogens with zero attached hydrogens (tertiary/aromatic N) is 1.